The maximum atomic E-state index is 12.0. The molecule has 0 aromatic heterocycles. The molecule has 0 bridgehead atoms. The standard InChI is InChI=1S/C18H30O5/c1-6-15(19)22-17(2,3)12-8-7-11-16(20)23-18(4,5)14-10-9-13-21-14/h6,14H,1,7-13H2,2-5H3. The minimum atomic E-state index is -0.577. The second-order valence-electron chi connectivity index (χ2n) is 7.17. The normalized spacial score (nSPS) is 18.5. The Bertz CT molecular complexity index is 419. The third-order valence-corrected chi connectivity index (χ3v) is 4.04. The van der Waals surface area contributed by atoms with E-state index in [2.05, 4.69) is 6.58 Å². The lowest BCUT2D eigenvalue weighted by Crippen LogP contribution is -2.40. The number of esters is 2. The summed E-state index contributed by atoms with van der Waals surface area (Å²) in [4.78, 5) is 23.2. The zero-order valence-electron chi connectivity index (χ0n) is 14.9. The van der Waals surface area contributed by atoms with Gasteiger partial charge in [-0.1, -0.05) is 6.58 Å². The SMILES string of the molecule is C=CC(=O)OC(C)(C)CCCCC(=O)OC(C)(C)C1CCCO1. The predicted octanol–water partition coefficient (Wildman–Crippen LogP) is 3.56. The van der Waals surface area contributed by atoms with Gasteiger partial charge in [-0.3, -0.25) is 4.79 Å². The number of rotatable bonds is 9. The summed E-state index contributed by atoms with van der Waals surface area (Å²) in [6.45, 7) is 11.6. The number of hydrogen-bond acceptors (Lipinski definition) is 5. The van der Waals surface area contributed by atoms with Gasteiger partial charge in [0.1, 0.15) is 11.2 Å². The van der Waals surface area contributed by atoms with Crippen molar-refractivity contribution in [1.29, 1.82) is 0 Å². The zero-order chi connectivity index (χ0) is 17.5. The smallest absolute Gasteiger partial charge is 0.330 e. The molecular formula is C18H30O5. The van der Waals surface area contributed by atoms with E-state index < -0.39 is 17.2 Å². The summed E-state index contributed by atoms with van der Waals surface area (Å²) in [6, 6.07) is 0. The van der Waals surface area contributed by atoms with E-state index in [-0.39, 0.29) is 12.1 Å². The molecule has 0 aromatic carbocycles. The van der Waals surface area contributed by atoms with Crippen molar-refractivity contribution in [2.75, 3.05) is 6.61 Å². The van der Waals surface area contributed by atoms with E-state index in [1.165, 1.54) is 0 Å². The number of carbonyl (C=O) groups excluding carboxylic acids is 2. The largest absolute Gasteiger partial charge is 0.457 e. The maximum absolute atomic E-state index is 12.0. The molecule has 0 N–H and O–H groups in total. The lowest BCUT2D eigenvalue weighted by atomic mass is 9.98. The Kier molecular flexibility index (Phi) is 7.26. The topological polar surface area (TPSA) is 61.8 Å². The number of carbonyl (C=O) groups is 2. The van der Waals surface area contributed by atoms with Gasteiger partial charge in [-0.05, 0) is 59.8 Å². The Morgan fingerprint density at radius 2 is 1.91 bits per heavy atom. The molecule has 5 nitrogen and oxygen atoms in total. The summed E-state index contributed by atoms with van der Waals surface area (Å²) >= 11 is 0. The molecule has 0 saturated carbocycles. The van der Waals surface area contributed by atoms with Crippen LogP contribution in [-0.2, 0) is 23.8 Å². The summed E-state index contributed by atoms with van der Waals surface area (Å²) in [7, 11) is 0. The van der Waals surface area contributed by atoms with Gasteiger partial charge in [0.25, 0.3) is 0 Å². The summed E-state index contributed by atoms with van der Waals surface area (Å²) in [5.41, 5.74) is -1.13. The lowest BCUT2D eigenvalue weighted by Gasteiger charge is -2.30. The molecule has 1 heterocycles. The van der Waals surface area contributed by atoms with Gasteiger partial charge in [0, 0.05) is 19.1 Å². The van der Waals surface area contributed by atoms with Gasteiger partial charge < -0.3 is 14.2 Å². The van der Waals surface area contributed by atoms with E-state index in [1.807, 2.05) is 27.7 Å². The monoisotopic (exact) mass is 326 g/mol. The molecule has 1 saturated heterocycles. The highest BCUT2D eigenvalue weighted by atomic mass is 16.6. The Labute approximate surface area is 139 Å². The van der Waals surface area contributed by atoms with E-state index in [4.69, 9.17) is 14.2 Å². The van der Waals surface area contributed by atoms with Gasteiger partial charge in [-0.15, -0.1) is 0 Å². The number of ether oxygens (including phenoxy) is 3. The Balaban J connectivity index is 2.25. The lowest BCUT2D eigenvalue weighted by molar-refractivity contribution is -0.168. The Morgan fingerprint density at radius 3 is 2.48 bits per heavy atom. The quantitative estimate of drug-likeness (QED) is 0.368. The maximum Gasteiger partial charge on any atom is 0.330 e. The third-order valence-electron chi connectivity index (χ3n) is 4.04. The average molecular weight is 326 g/mol. The molecule has 0 spiro atoms. The molecule has 132 valence electrons. The van der Waals surface area contributed by atoms with Crippen LogP contribution in [0.3, 0.4) is 0 Å². The minimum Gasteiger partial charge on any atom is -0.457 e. The molecule has 1 aliphatic rings. The average Bonchev–Trinajstić information content (AvgIpc) is 2.97. The van der Waals surface area contributed by atoms with Crippen LogP contribution in [0, 0.1) is 0 Å². The highest BCUT2D eigenvalue weighted by molar-refractivity contribution is 5.81. The molecule has 1 unspecified atom stereocenters. The molecule has 1 aliphatic heterocycles. The molecule has 5 heteroatoms. The van der Waals surface area contributed by atoms with E-state index in [0.29, 0.717) is 19.3 Å². The molecular weight excluding hydrogens is 296 g/mol. The van der Waals surface area contributed by atoms with Crippen molar-refractivity contribution in [1.82, 2.24) is 0 Å². The van der Waals surface area contributed by atoms with E-state index in [9.17, 15) is 9.59 Å². The first kappa shape index (κ1) is 19.7. The first-order valence-electron chi connectivity index (χ1n) is 8.35. The van der Waals surface area contributed by atoms with Crippen LogP contribution in [-0.4, -0.2) is 35.9 Å². The van der Waals surface area contributed by atoms with E-state index in [0.717, 1.165) is 31.9 Å². The summed E-state index contributed by atoms with van der Waals surface area (Å²) in [6.07, 6.45) is 5.64. The van der Waals surface area contributed by atoms with Crippen LogP contribution in [0.15, 0.2) is 12.7 Å². The van der Waals surface area contributed by atoms with Gasteiger partial charge >= 0.3 is 11.9 Å². The number of unbranched alkanes of at least 4 members (excludes halogenated alkanes) is 1. The van der Waals surface area contributed by atoms with Crippen molar-refractivity contribution in [3.8, 4) is 0 Å². The second kappa shape index (κ2) is 8.48. The first-order chi connectivity index (χ1) is 10.7. The van der Waals surface area contributed by atoms with Gasteiger partial charge in [0.15, 0.2) is 0 Å². The van der Waals surface area contributed by atoms with Crippen LogP contribution in [0.5, 0.6) is 0 Å². The highest BCUT2D eigenvalue weighted by Gasteiger charge is 2.36. The van der Waals surface area contributed by atoms with Crippen LogP contribution in [0.25, 0.3) is 0 Å². The zero-order valence-corrected chi connectivity index (χ0v) is 14.9. The fourth-order valence-electron chi connectivity index (χ4n) is 2.72. The van der Waals surface area contributed by atoms with Crippen LogP contribution in [0.1, 0.15) is 66.2 Å². The van der Waals surface area contributed by atoms with Crippen molar-refractivity contribution in [2.24, 2.45) is 0 Å². The summed E-state index contributed by atoms with van der Waals surface area (Å²) in [5, 5.41) is 0. The van der Waals surface area contributed by atoms with Crippen molar-refractivity contribution < 1.29 is 23.8 Å². The first-order valence-corrected chi connectivity index (χ1v) is 8.35. The third kappa shape index (κ3) is 7.16. The molecule has 23 heavy (non-hydrogen) atoms. The molecule has 1 atom stereocenters. The van der Waals surface area contributed by atoms with Gasteiger partial charge in [0.05, 0.1) is 6.10 Å². The van der Waals surface area contributed by atoms with Crippen molar-refractivity contribution in [3.63, 3.8) is 0 Å². The van der Waals surface area contributed by atoms with Crippen molar-refractivity contribution >= 4 is 11.9 Å². The van der Waals surface area contributed by atoms with Crippen LogP contribution < -0.4 is 0 Å². The molecule has 0 aliphatic carbocycles. The van der Waals surface area contributed by atoms with E-state index in [1.54, 1.807) is 0 Å². The van der Waals surface area contributed by atoms with Gasteiger partial charge in [0.2, 0.25) is 0 Å². The molecule has 1 rings (SSSR count). The molecule has 0 radical (unpaired) electrons. The van der Waals surface area contributed by atoms with E-state index >= 15 is 0 Å². The Hall–Kier alpha value is -1.36. The summed E-state index contributed by atoms with van der Waals surface area (Å²) < 4.78 is 16.4. The van der Waals surface area contributed by atoms with Crippen LogP contribution in [0.4, 0.5) is 0 Å². The van der Waals surface area contributed by atoms with Crippen molar-refractivity contribution in [3.05, 3.63) is 12.7 Å². The van der Waals surface area contributed by atoms with Gasteiger partial charge in [-0.2, -0.15) is 0 Å². The molecule has 1 fully saturated rings. The van der Waals surface area contributed by atoms with Gasteiger partial charge in [-0.25, -0.2) is 4.79 Å². The molecule has 0 amide bonds. The molecule has 0 aromatic rings. The second-order valence-corrected chi connectivity index (χ2v) is 7.17. The highest BCUT2D eigenvalue weighted by Crippen LogP contribution is 2.27. The van der Waals surface area contributed by atoms with Crippen molar-refractivity contribution in [2.45, 2.75) is 83.5 Å². The summed E-state index contributed by atoms with van der Waals surface area (Å²) in [5.74, 6) is -0.626. The Morgan fingerprint density at radius 1 is 1.22 bits per heavy atom. The van der Waals surface area contributed by atoms with Crippen LogP contribution in [0.2, 0.25) is 0 Å². The fraction of sp³-hybridized carbons (Fsp3) is 0.778. The number of hydrogen-bond donors (Lipinski definition) is 0. The minimum absolute atomic E-state index is 0.0105. The van der Waals surface area contributed by atoms with Crippen LogP contribution >= 0.6 is 0 Å². The fourth-order valence-corrected chi connectivity index (χ4v) is 2.72. The predicted molar refractivity (Wildman–Crippen MR) is 88.0 cm³/mol.